The van der Waals surface area contributed by atoms with Crippen molar-refractivity contribution in [3.8, 4) is 44.5 Å². The van der Waals surface area contributed by atoms with Crippen LogP contribution in [0.25, 0.3) is 109 Å². The average Bonchev–Trinajstić information content (AvgIpc) is 3.26. The molecule has 11 rings (SSSR count). The number of rotatable bonds is 4. The summed E-state index contributed by atoms with van der Waals surface area (Å²) in [6.07, 6.45) is 0. The third-order valence-electron chi connectivity index (χ3n) is 11.4. The lowest BCUT2D eigenvalue weighted by molar-refractivity contribution is 1.64. The van der Waals surface area contributed by atoms with Crippen LogP contribution in [0.1, 0.15) is 0 Å². The minimum atomic E-state index is 1.22. The van der Waals surface area contributed by atoms with Crippen LogP contribution in [0, 0.1) is 0 Å². The first-order chi connectivity index (χ1) is 26.8. The molecule has 0 atom stereocenters. The van der Waals surface area contributed by atoms with E-state index in [0.29, 0.717) is 0 Å². The lowest BCUT2D eigenvalue weighted by Gasteiger charge is -2.17. The normalized spacial score (nSPS) is 11.7. The average molecular weight is 683 g/mol. The molecule has 0 amide bonds. The largest absolute Gasteiger partial charge is 0.0622 e. The van der Waals surface area contributed by atoms with Gasteiger partial charge in [0.1, 0.15) is 0 Å². The predicted octanol–water partition coefficient (Wildman–Crippen LogP) is 15.3. The molecular weight excluding hydrogens is 649 g/mol. The van der Waals surface area contributed by atoms with Crippen molar-refractivity contribution in [2.75, 3.05) is 0 Å². The van der Waals surface area contributed by atoms with Gasteiger partial charge in [-0.2, -0.15) is 0 Å². The van der Waals surface area contributed by atoms with Crippen molar-refractivity contribution in [1.29, 1.82) is 0 Å². The van der Waals surface area contributed by atoms with Gasteiger partial charge in [-0.25, -0.2) is 0 Å². The molecule has 0 unspecified atom stereocenters. The Morgan fingerprint density at radius 2 is 0.352 bits per heavy atom. The molecule has 0 N–H and O–H groups in total. The molecule has 0 heterocycles. The van der Waals surface area contributed by atoms with Crippen molar-refractivity contribution in [2.24, 2.45) is 0 Å². The second-order valence-electron chi connectivity index (χ2n) is 14.4. The fraction of sp³-hybridized carbons (Fsp3) is 0. The molecule has 0 aliphatic heterocycles. The van der Waals surface area contributed by atoms with Crippen molar-refractivity contribution < 1.29 is 0 Å². The summed E-state index contributed by atoms with van der Waals surface area (Å²) in [7, 11) is 0. The minimum absolute atomic E-state index is 1.22. The Morgan fingerprint density at radius 1 is 0.148 bits per heavy atom. The monoisotopic (exact) mass is 682 g/mol. The number of hydrogen-bond acceptors (Lipinski definition) is 0. The molecule has 0 aliphatic rings. The fourth-order valence-corrected chi connectivity index (χ4v) is 8.92. The van der Waals surface area contributed by atoms with E-state index in [0.717, 1.165) is 0 Å². The summed E-state index contributed by atoms with van der Waals surface area (Å²) < 4.78 is 0. The summed E-state index contributed by atoms with van der Waals surface area (Å²) >= 11 is 0. The lowest BCUT2D eigenvalue weighted by Crippen LogP contribution is -1.90. The first-order valence-corrected chi connectivity index (χ1v) is 18.8. The Labute approximate surface area is 314 Å². The molecule has 0 saturated carbocycles. The number of hydrogen-bond donors (Lipinski definition) is 0. The van der Waals surface area contributed by atoms with E-state index in [1.807, 2.05) is 0 Å². The van der Waals surface area contributed by atoms with Gasteiger partial charge in [0.15, 0.2) is 0 Å². The van der Waals surface area contributed by atoms with Crippen LogP contribution in [0.5, 0.6) is 0 Å². The molecule has 11 aromatic rings. The van der Waals surface area contributed by atoms with E-state index in [4.69, 9.17) is 0 Å². The van der Waals surface area contributed by atoms with Gasteiger partial charge in [0, 0.05) is 0 Å². The summed E-state index contributed by atoms with van der Waals surface area (Å²) in [6.45, 7) is 0. The van der Waals surface area contributed by atoms with Crippen LogP contribution in [0.3, 0.4) is 0 Å². The maximum atomic E-state index is 2.42. The van der Waals surface area contributed by atoms with E-state index in [9.17, 15) is 0 Å². The molecular formula is C54H34. The zero-order chi connectivity index (χ0) is 35.6. The molecule has 250 valence electrons. The van der Waals surface area contributed by atoms with E-state index in [1.54, 1.807) is 0 Å². The van der Waals surface area contributed by atoms with Gasteiger partial charge >= 0.3 is 0 Å². The van der Waals surface area contributed by atoms with Crippen LogP contribution in [-0.2, 0) is 0 Å². The Balaban J connectivity index is 1.11. The van der Waals surface area contributed by atoms with Gasteiger partial charge in [0.25, 0.3) is 0 Å². The minimum Gasteiger partial charge on any atom is -0.0622 e. The van der Waals surface area contributed by atoms with Crippen molar-refractivity contribution in [3.05, 3.63) is 206 Å². The fourth-order valence-electron chi connectivity index (χ4n) is 8.92. The predicted molar refractivity (Wildman–Crippen MR) is 233 cm³/mol. The molecule has 0 heteroatoms. The Kier molecular flexibility index (Phi) is 6.97. The highest BCUT2D eigenvalue weighted by molar-refractivity contribution is 6.25. The van der Waals surface area contributed by atoms with Gasteiger partial charge in [-0.1, -0.05) is 182 Å². The van der Waals surface area contributed by atoms with Crippen molar-refractivity contribution >= 4 is 64.6 Å². The molecule has 0 aromatic heterocycles. The summed E-state index contributed by atoms with van der Waals surface area (Å²) in [5, 5.41) is 15.3. The molecule has 0 bridgehead atoms. The standard InChI is InChI=1S/C54H34/c1-3-15-35(16-4-1)47-31-51-45-25-13-9-21-41(45)49(33-53(51)43-23-11-7-19-39(43)47)37-27-29-38(30-28-37)50-34-54-44-24-12-8-20-40(44)48(36-17-5-2-6-18-36)32-52(54)46-26-14-10-22-42(46)50/h1-34H. The molecule has 0 aliphatic carbocycles. The summed E-state index contributed by atoms with van der Waals surface area (Å²) in [6, 6.07) is 76.0. The first-order valence-electron chi connectivity index (χ1n) is 18.8. The zero-order valence-corrected chi connectivity index (χ0v) is 29.6. The van der Waals surface area contributed by atoms with E-state index in [1.165, 1.54) is 109 Å². The highest BCUT2D eigenvalue weighted by atomic mass is 14.2. The van der Waals surface area contributed by atoms with Gasteiger partial charge in [0.2, 0.25) is 0 Å². The van der Waals surface area contributed by atoms with Crippen LogP contribution in [0.2, 0.25) is 0 Å². The smallest absolute Gasteiger partial charge is 0.00923 e. The highest BCUT2D eigenvalue weighted by Gasteiger charge is 2.17. The molecule has 54 heavy (non-hydrogen) atoms. The van der Waals surface area contributed by atoms with Crippen molar-refractivity contribution in [1.82, 2.24) is 0 Å². The van der Waals surface area contributed by atoms with E-state index in [-0.39, 0.29) is 0 Å². The first kappa shape index (κ1) is 30.6. The van der Waals surface area contributed by atoms with Crippen LogP contribution < -0.4 is 0 Å². The Hall–Kier alpha value is -7.02. The molecule has 0 spiro atoms. The van der Waals surface area contributed by atoms with E-state index >= 15 is 0 Å². The molecule has 0 radical (unpaired) electrons. The maximum Gasteiger partial charge on any atom is -0.00923 e. The summed E-state index contributed by atoms with van der Waals surface area (Å²) in [4.78, 5) is 0. The van der Waals surface area contributed by atoms with Crippen LogP contribution >= 0.6 is 0 Å². The van der Waals surface area contributed by atoms with Crippen LogP contribution in [-0.4, -0.2) is 0 Å². The van der Waals surface area contributed by atoms with E-state index < -0.39 is 0 Å². The zero-order valence-electron chi connectivity index (χ0n) is 29.6. The van der Waals surface area contributed by atoms with Crippen molar-refractivity contribution in [2.45, 2.75) is 0 Å². The van der Waals surface area contributed by atoms with Gasteiger partial charge < -0.3 is 0 Å². The van der Waals surface area contributed by atoms with Gasteiger partial charge in [-0.05, 0) is 133 Å². The topological polar surface area (TPSA) is 0 Å². The third-order valence-corrected chi connectivity index (χ3v) is 11.4. The van der Waals surface area contributed by atoms with Gasteiger partial charge in [-0.3, -0.25) is 0 Å². The van der Waals surface area contributed by atoms with E-state index in [2.05, 4.69) is 206 Å². The summed E-state index contributed by atoms with van der Waals surface area (Å²) in [5.74, 6) is 0. The molecule has 0 saturated heterocycles. The highest BCUT2D eigenvalue weighted by Crippen LogP contribution is 2.44. The van der Waals surface area contributed by atoms with Crippen molar-refractivity contribution in [3.63, 3.8) is 0 Å². The molecule has 11 aromatic carbocycles. The van der Waals surface area contributed by atoms with Crippen LogP contribution in [0.15, 0.2) is 206 Å². The molecule has 0 fully saturated rings. The molecule has 0 nitrogen and oxygen atoms in total. The Bertz CT molecular complexity index is 3010. The second-order valence-corrected chi connectivity index (χ2v) is 14.4. The maximum absolute atomic E-state index is 2.42. The second kappa shape index (κ2) is 12.3. The Morgan fingerprint density at radius 3 is 0.611 bits per heavy atom. The number of fused-ring (bicyclic) bond motifs is 10. The lowest BCUT2D eigenvalue weighted by atomic mass is 9.86. The van der Waals surface area contributed by atoms with Gasteiger partial charge in [0.05, 0.1) is 0 Å². The SMILES string of the molecule is c1ccc(-c2cc3c4ccccc4c(-c4ccc(-c5cc6c7ccccc7c(-c7ccccc7)cc6c6ccccc56)cc4)cc3c3ccccc23)cc1. The third kappa shape index (κ3) is 4.78. The summed E-state index contributed by atoms with van der Waals surface area (Å²) in [5.41, 5.74) is 9.97. The van der Waals surface area contributed by atoms with Crippen LogP contribution in [0.4, 0.5) is 0 Å². The quantitative estimate of drug-likeness (QED) is 0.162. The number of benzene rings is 11. The van der Waals surface area contributed by atoms with Gasteiger partial charge in [-0.15, -0.1) is 0 Å².